The van der Waals surface area contributed by atoms with Crippen LogP contribution in [0.15, 0.2) is 58.4 Å². The van der Waals surface area contributed by atoms with Gasteiger partial charge in [-0.15, -0.1) is 0 Å². The van der Waals surface area contributed by atoms with Gasteiger partial charge in [0.1, 0.15) is 15.8 Å². The number of hydrogen-bond acceptors (Lipinski definition) is 9. The van der Waals surface area contributed by atoms with Gasteiger partial charge in [-0.25, -0.2) is 13.4 Å². The van der Waals surface area contributed by atoms with E-state index in [-0.39, 0.29) is 44.2 Å². The molecule has 0 spiro atoms. The second-order valence-electron chi connectivity index (χ2n) is 8.98. The molecule has 0 aliphatic carbocycles. The third-order valence-electron chi connectivity index (χ3n) is 6.40. The van der Waals surface area contributed by atoms with Gasteiger partial charge in [0.15, 0.2) is 9.84 Å². The zero-order chi connectivity index (χ0) is 26.3. The molecule has 2 aliphatic rings. The van der Waals surface area contributed by atoms with Crippen molar-refractivity contribution in [3.63, 3.8) is 0 Å². The van der Waals surface area contributed by atoms with Crippen LogP contribution in [0.1, 0.15) is 29.2 Å². The molecule has 192 valence electrons. The molecule has 2 N–H and O–H groups in total. The largest absolute Gasteiger partial charge is 0.387 e. The van der Waals surface area contributed by atoms with Crippen LogP contribution in [0, 0.1) is 6.92 Å². The summed E-state index contributed by atoms with van der Waals surface area (Å²) < 4.78 is 25.6. The number of rotatable bonds is 6. The topological polar surface area (TPSA) is 121 Å². The molecule has 4 heterocycles. The van der Waals surface area contributed by atoms with Crippen molar-refractivity contribution in [2.24, 2.45) is 0 Å². The molecule has 1 aromatic carbocycles. The Morgan fingerprint density at radius 3 is 2.70 bits per heavy atom. The second kappa shape index (κ2) is 10.0. The third kappa shape index (κ3) is 5.06. The standard InChI is InChI=1S/C25H24N4O5S3/c1-15-6-5-10-28-22(15)27-21(26-13-19(30)16-7-3-2-4-8-16)18(23(28)31)12-20-24(32)29(25(35)36-20)17-9-11-37(33,34)14-17/h2-8,10,12,17,19,26,30H,9,11,13-14H2,1H3/b20-12-/t17-,19-/m0/s1. The zero-order valence-electron chi connectivity index (χ0n) is 19.8. The molecule has 0 saturated carbocycles. The van der Waals surface area contributed by atoms with E-state index in [4.69, 9.17) is 12.2 Å². The van der Waals surface area contributed by atoms with E-state index in [0.717, 1.165) is 17.3 Å². The Bertz CT molecular complexity index is 1600. The Kier molecular flexibility index (Phi) is 6.92. The molecular weight excluding hydrogens is 532 g/mol. The summed E-state index contributed by atoms with van der Waals surface area (Å²) in [6.07, 6.45) is 2.52. The van der Waals surface area contributed by atoms with Crippen molar-refractivity contribution in [2.75, 3.05) is 23.4 Å². The van der Waals surface area contributed by atoms with Crippen molar-refractivity contribution in [1.82, 2.24) is 14.3 Å². The lowest BCUT2D eigenvalue weighted by Crippen LogP contribution is -2.39. The number of aliphatic hydroxyl groups excluding tert-OH is 1. The first-order valence-corrected chi connectivity index (χ1v) is 14.7. The molecule has 37 heavy (non-hydrogen) atoms. The Morgan fingerprint density at radius 2 is 2.00 bits per heavy atom. The summed E-state index contributed by atoms with van der Waals surface area (Å²) in [5, 5.41) is 13.7. The van der Waals surface area contributed by atoms with Crippen LogP contribution in [0.2, 0.25) is 0 Å². The van der Waals surface area contributed by atoms with Crippen LogP contribution in [0.4, 0.5) is 5.82 Å². The third-order valence-corrected chi connectivity index (χ3v) is 9.48. The van der Waals surface area contributed by atoms with Crippen LogP contribution in [0.25, 0.3) is 11.7 Å². The summed E-state index contributed by atoms with van der Waals surface area (Å²) in [5.74, 6) is -0.318. The van der Waals surface area contributed by atoms with E-state index in [0.29, 0.717) is 17.6 Å². The SMILES string of the molecule is Cc1cccn2c(=O)c(/C=C3\SC(=S)N([C@H]4CCS(=O)(=O)C4)C3=O)c(NC[C@H](O)c3ccccc3)nc12. The summed E-state index contributed by atoms with van der Waals surface area (Å²) in [7, 11) is -3.22. The predicted molar refractivity (Wildman–Crippen MR) is 148 cm³/mol. The summed E-state index contributed by atoms with van der Waals surface area (Å²) in [6.45, 7) is 1.92. The van der Waals surface area contributed by atoms with Crippen LogP contribution >= 0.6 is 24.0 Å². The number of anilines is 1. The number of aliphatic hydroxyl groups is 1. The average Bonchev–Trinajstić information content (AvgIpc) is 3.37. The number of nitrogens with one attached hydrogen (secondary N) is 1. The maximum absolute atomic E-state index is 13.5. The fraction of sp³-hybridized carbons (Fsp3) is 0.280. The van der Waals surface area contributed by atoms with Gasteiger partial charge in [-0.2, -0.15) is 0 Å². The first-order valence-electron chi connectivity index (χ1n) is 11.6. The van der Waals surface area contributed by atoms with Gasteiger partial charge < -0.3 is 10.4 Å². The quantitative estimate of drug-likeness (QED) is 0.349. The van der Waals surface area contributed by atoms with Crippen molar-refractivity contribution in [3.8, 4) is 0 Å². The van der Waals surface area contributed by atoms with E-state index < -0.39 is 27.9 Å². The summed E-state index contributed by atoms with van der Waals surface area (Å²) in [5.41, 5.74) is 1.69. The minimum absolute atomic E-state index is 0.0148. The average molecular weight is 557 g/mol. The van der Waals surface area contributed by atoms with E-state index >= 15 is 0 Å². The van der Waals surface area contributed by atoms with Gasteiger partial charge in [0.25, 0.3) is 11.5 Å². The molecule has 2 fully saturated rings. The smallest absolute Gasteiger partial charge is 0.267 e. The van der Waals surface area contributed by atoms with Gasteiger partial charge in [0, 0.05) is 12.7 Å². The molecule has 1 amide bonds. The van der Waals surface area contributed by atoms with Gasteiger partial charge in [-0.1, -0.05) is 60.4 Å². The van der Waals surface area contributed by atoms with Gasteiger partial charge in [-0.3, -0.25) is 18.9 Å². The van der Waals surface area contributed by atoms with E-state index in [1.165, 1.54) is 15.4 Å². The number of hydrogen-bond donors (Lipinski definition) is 2. The van der Waals surface area contributed by atoms with E-state index in [1.54, 1.807) is 24.4 Å². The number of nitrogens with zero attached hydrogens (tertiary/aromatic N) is 3. The number of carbonyl (C=O) groups is 1. The number of amides is 1. The van der Waals surface area contributed by atoms with Gasteiger partial charge >= 0.3 is 0 Å². The highest BCUT2D eigenvalue weighted by Gasteiger charge is 2.42. The summed E-state index contributed by atoms with van der Waals surface area (Å²) in [4.78, 5) is 33.0. The normalized spacial score (nSPS) is 21.2. The number of carbonyl (C=O) groups excluding carboxylic acids is 1. The Hall–Kier alpha value is -3.06. The second-order valence-corrected chi connectivity index (χ2v) is 12.9. The summed E-state index contributed by atoms with van der Waals surface area (Å²) >= 11 is 6.44. The van der Waals surface area contributed by atoms with Crippen LogP contribution in [-0.2, 0) is 14.6 Å². The highest BCUT2D eigenvalue weighted by molar-refractivity contribution is 8.26. The lowest BCUT2D eigenvalue weighted by molar-refractivity contribution is -0.123. The van der Waals surface area contributed by atoms with Crippen LogP contribution < -0.4 is 10.9 Å². The monoisotopic (exact) mass is 556 g/mol. The maximum atomic E-state index is 13.5. The number of sulfone groups is 1. The van der Waals surface area contributed by atoms with Gasteiger partial charge in [0.05, 0.1) is 34.1 Å². The maximum Gasteiger partial charge on any atom is 0.267 e. The Labute approximate surface area is 223 Å². The molecule has 2 aliphatic heterocycles. The van der Waals surface area contributed by atoms with Crippen LogP contribution in [-0.4, -0.2) is 62.1 Å². The predicted octanol–water partition coefficient (Wildman–Crippen LogP) is 2.54. The van der Waals surface area contributed by atoms with E-state index in [9.17, 15) is 23.1 Å². The Balaban J connectivity index is 1.53. The molecule has 3 aromatic rings. The minimum Gasteiger partial charge on any atom is -0.387 e. The zero-order valence-corrected chi connectivity index (χ0v) is 22.3. The van der Waals surface area contributed by atoms with Gasteiger partial charge in [-0.05, 0) is 36.6 Å². The fourth-order valence-electron chi connectivity index (χ4n) is 4.47. The first-order chi connectivity index (χ1) is 17.6. The molecule has 0 radical (unpaired) electrons. The molecular formula is C25H24N4O5S3. The molecule has 12 heteroatoms. The minimum atomic E-state index is -3.22. The van der Waals surface area contributed by atoms with E-state index in [2.05, 4.69) is 10.3 Å². The van der Waals surface area contributed by atoms with Gasteiger partial charge in [0.2, 0.25) is 0 Å². The molecule has 2 atom stereocenters. The summed E-state index contributed by atoms with van der Waals surface area (Å²) in [6, 6.07) is 12.2. The molecule has 5 rings (SSSR count). The number of aryl methyl sites for hydroxylation is 1. The molecule has 2 saturated heterocycles. The van der Waals surface area contributed by atoms with Crippen LogP contribution in [0.3, 0.4) is 0 Å². The lowest BCUT2D eigenvalue weighted by atomic mass is 10.1. The number of fused-ring (bicyclic) bond motifs is 1. The molecule has 9 nitrogen and oxygen atoms in total. The lowest BCUT2D eigenvalue weighted by Gasteiger charge is -2.21. The van der Waals surface area contributed by atoms with Crippen molar-refractivity contribution < 1.29 is 18.3 Å². The number of aromatic nitrogens is 2. The number of benzene rings is 1. The number of pyridine rings is 1. The number of thiocarbonyl (C=S) groups is 1. The van der Waals surface area contributed by atoms with E-state index in [1.807, 2.05) is 31.2 Å². The highest BCUT2D eigenvalue weighted by atomic mass is 32.2. The molecule has 2 aromatic heterocycles. The van der Waals surface area contributed by atoms with Crippen molar-refractivity contribution in [2.45, 2.75) is 25.5 Å². The van der Waals surface area contributed by atoms with Crippen molar-refractivity contribution in [3.05, 3.63) is 80.6 Å². The fourth-order valence-corrected chi connectivity index (χ4v) is 7.55. The van der Waals surface area contributed by atoms with Crippen molar-refractivity contribution >= 4 is 61.6 Å². The highest BCUT2D eigenvalue weighted by Crippen LogP contribution is 2.36. The van der Waals surface area contributed by atoms with Crippen molar-refractivity contribution in [1.29, 1.82) is 0 Å². The molecule has 0 bridgehead atoms. The first kappa shape index (κ1) is 25.6. The molecule has 0 unspecified atom stereocenters. The van der Waals surface area contributed by atoms with Crippen LogP contribution in [0.5, 0.6) is 0 Å². The number of thioether (sulfide) groups is 1. The Morgan fingerprint density at radius 1 is 1.24 bits per heavy atom.